The number of nitrogen functional groups attached to an aromatic ring is 2. The summed E-state index contributed by atoms with van der Waals surface area (Å²) in [6.45, 7) is 2.93. The van der Waals surface area contributed by atoms with Crippen molar-refractivity contribution in [2.45, 2.75) is 51.2 Å². The Bertz CT molecular complexity index is 963. The third-order valence-corrected chi connectivity index (χ3v) is 5.64. The van der Waals surface area contributed by atoms with Crippen LogP contribution < -0.4 is 11.5 Å². The Morgan fingerprint density at radius 1 is 1.00 bits per heavy atom. The normalized spacial score (nSPS) is 18.2. The van der Waals surface area contributed by atoms with Gasteiger partial charge in [0.15, 0.2) is 0 Å². The molecule has 7 heteroatoms. The van der Waals surface area contributed by atoms with Gasteiger partial charge in [-0.25, -0.2) is 9.59 Å². The van der Waals surface area contributed by atoms with E-state index in [1.165, 1.54) is 6.08 Å². The number of esters is 2. The smallest absolute Gasteiger partial charge is 0.338 e. The first-order chi connectivity index (χ1) is 15.9. The summed E-state index contributed by atoms with van der Waals surface area (Å²) in [6.07, 6.45) is 7.20. The van der Waals surface area contributed by atoms with Crippen molar-refractivity contribution in [2.75, 3.05) is 24.7 Å². The van der Waals surface area contributed by atoms with E-state index in [1.54, 1.807) is 42.5 Å². The minimum absolute atomic E-state index is 0.0628. The van der Waals surface area contributed by atoms with Crippen LogP contribution in [0.2, 0.25) is 0 Å². The van der Waals surface area contributed by atoms with Crippen LogP contribution in [-0.2, 0) is 25.4 Å². The van der Waals surface area contributed by atoms with Gasteiger partial charge in [-0.2, -0.15) is 0 Å². The highest BCUT2D eigenvalue weighted by molar-refractivity contribution is 5.90. The van der Waals surface area contributed by atoms with Crippen molar-refractivity contribution in [1.29, 1.82) is 0 Å². The monoisotopic (exact) mass is 452 g/mol. The largest absolute Gasteiger partial charge is 0.462 e. The lowest BCUT2D eigenvalue weighted by Crippen LogP contribution is -2.28. The number of carbonyl (C=O) groups is 2. The summed E-state index contributed by atoms with van der Waals surface area (Å²) in [5.74, 6) is -0.776. The van der Waals surface area contributed by atoms with E-state index in [0.29, 0.717) is 30.0 Å². The molecule has 0 spiro atoms. The molecule has 176 valence electrons. The Morgan fingerprint density at radius 2 is 1.70 bits per heavy atom. The summed E-state index contributed by atoms with van der Waals surface area (Å²) in [4.78, 5) is 24.4. The SMILES string of the molecule is CCOC1CCC(OC(=O)c2ccc(/C=C/C(=O)OCCc3ccc(N)cc3N)cc2)CC1. The lowest BCUT2D eigenvalue weighted by Gasteiger charge is -2.28. The second-order valence-electron chi connectivity index (χ2n) is 8.09. The minimum atomic E-state index is -0.449. The topological polar surface area (TPSA) is 114 Å². The van der Waals surface area contributed by atoms with Crippen LogP contribution in [0.1, 0.15) is 54.1 Å². The van der Waals surface area contributed by atoms with Crippen LogP contribution in [0, 0.1) is 0 Å². The Balaban J connectivity index is 1.41. The molecule has 1 aliphatic rings. The fourth-order valence-corrected chi connectivity index (χ4v) is 3.82. The number of ether oxygens (including phenoxy) is 3. The minimum Gasteiger partial charge on any atom is -0.462 e. The predicted octanol–water partition coefficient (Wildman–Crippen LogP) is 4.15. The predicted molar refractivity (Wildman–Crippen MR) is 128 cm³/mol. The standard InChI is InChI=1S/C26H32N2O5/c1-2-31-22-10-12-23(13-11-22)33-26(30)20-6-3-18(4-7-20)5-14-25(29)32-16-15-19-8-9-21(27)17-24(19)28/h3-9,14,17,22-23H,2,10-13,15-16,27-28H2,1H3/b14-5+. The molecule has 33 heavy (non-hydrogen) atoms. The summed E-state index contributed by atoms with van der Waals surface area (Å²) < 4.78 is 16.5. The number of hydrogen-bond acceptors (Lipinski definition) is 7. The van der Waals surface area contributed by atoms with Crippen LogP contribution in [0.4, 0.5) is 11.4 Å². The first-order valence-electron chi connectivity index (χ1n) is 11.4. The molecule has 0 aliphatic heterocycles. The molecular formula is C26H32N2O5. The van der Waals surface area contributed by atoms with E-state index in [4.69, 9.17) is 25.7 Å². The van der Waals surface area contributed by atoms with Crippen LogP contribution in [-0.4, -0.2) is 37.4 Å². The molecule has 0 saturated heterocycles. The average Bonchev–Trinajstić information content (AvgIpc) is 2.81. The zero-order valence-corrected chi connectivity index (χ0v) is 19.0. The Morgan fingerprint density at radius 3 is 2.36 bits per heavy atom. The lowest BCUT2D eigenvalue weighted by atomic mass is 9.95. The molecule has 7 nitrogen and oxygen atoms in total. The van der Waals surface area contributed by atoms with Crippen LogP contribution in [0.3, 0.4) is 0 Å². The summed E-state index contributed by atoms with van der Waals surface area (Å²) in [5.41, 5.74) is 14.9. The van der Waals surface area contributed by atoms with Crippen LogP contribution >= 0.6 is 0 Å². The summed E-state index contributed by atoms with van der Waals surface area (Å²) in [5, 5.41) is 0. The highest BCUT2D eigenvalue weighted by Gasteiger charge is 2.24. The second-order valence-corrected chi connectivity index (χ2v) is 8.09. The number of carbonyl (C=O) groups excluding carboxylic acids is 2. The van der Waals surface area contributed by atoms with E-state index < -0.39 is 5.97 Å². The molecule has 0 heterocycles. The fourth-order valence-electron chi connectivity index (χ4n) is 3.82. The van der Waals surface area contributed by atoms with Gasteiger partial charge in [-0.3, -0.25) is 0 Å². The molecule has 0 atom stereocenters. The van der Waals surface area contributed by atoms with Crippen molar-refractivity contribution >= 4 is 29.4 Å². The highest BCUT2D eigenvalue weighted by atomic mass is 16.5. The van der Waals surface area contributed by atoms with Crippen molar-refractivity contribution in [3.05, 3.63) is 65.2 Å². The molecule has 0 unspecified atom stereocenters. The Kier molecular flexibility index (Phi) is 8.89. The average molecular weight is 453 g/mol. The van der Waals surface area contributed by atoms with Crippen molar-refractivity contribution in [2.24, 2.45) is 0 Å². The number of benzene rings is 2. The van der Waals surface area contributed by atoms with E-state index in [-0.39, 0.29) is 24.8 Å². The maximum atomic E-state index is 12.4. The van der Waals surface area contributed by atoms with Gasteiger partial charge in [0.25, 0.3) is 0 Å². The number of nitrogens with two attached hydrogens (primary N) is 2. The molecule has 1 aliphatic carbocycles. The summed E-state index contributed by atoms with van der Waals surface area (Å²) in [6, 6.07) is 12.2. The molecule has 0 amide bonds. The highest BCUT2D eigenvalue weighted by Crippen LogP contribution is 2.24. The first kappa shape index (κ1) is 24.3. The van der Waals surface area contributed by atoms with Crippen LogP contribution in [0.5, 0.6) is 0 Å². The van der Waals surface area contributed by atoms with Gasteiger partial charge in [-0.15, -0.1) is 0 Å². The van der Waals surface area contributed by atoms with Gasteiger partial charge in [0, 0.05) is 30.5 Å². The van der Waals surface area contributed by atoms with Gasteiger partial charge in [0.1, 0.15) is 6.10 Å². The second kappa shape index (κ2) is 12.1. The fraction of sp³-hybridized carbons (Fsp3) is 0.385. The third kappa shape index (κ3) is 7.64. The number of anilines is 2. The molecular weight excluding hydrogens is 420 g/mol. The van der Waals surface area contributed by atoms with E-state index >= 15 is 0 Å². The zero-order chi connectivity index (χ0) is 23.6. The van der Waals surface area contributed by atoms with Gasteiger partial charge >= 0.3 is 11.9 Å². The van der Waals surface area contributed by atoms with Gasteiger partial charge in [-0.1, -0.05) is 18.2 Å². The Labute approximate surface area is 194 Å². The third-order valence-electron chi connectivity index (χ3n) is 5.64. The van der Waals surface area contributed by atoms with E-state index in [2.05, 4.69) is 0 Å². The molecule has 0 aromatic heterocycles. The molecule has 0 bridgehead atoms. The molecule has 4 N–H and O–H groups in total. The molecule has 0 radical (unpaired) electrons. The maximum Gasteiger partial charge on any atom is 0.338 e. The molecule has 2 aromatic carbocycles. The molecule has 2 aromatic rings. The van der Waals surface area contributed by atoms with Crippen LogP contribution in [0.15, 0.2) is 48.5 Å². The van der Waals surface area contributed by atoms with Crippen molar-refractivity contribution in [3.8, 4) is 0 Å². The first-order valence-corrected chi connectivity index (χ1v) is 11.4. The van der Waals surface area contributed by atoms with Crippen molar-refractivity contribution < 1.29 is 23.8 Å². The summed E-state index contributed by atoms with van der Waals surface area (Å²) >= 11 is 0. The lowest BCUT2D eigenvalue weighted by molar-refractivity contribution is -0.137. The zero-order valence-electron chi connectivity index (χ0n) is 19.0. The van der Waals surface area contributed by atoms with Gasteiger partial charge in [0.2, 0.25) is 0 Å². The molecule has 1 saturated carbocycles. The van der Waals surface area contributed by atoms with Gasteiger partial charge in [-0.05, 0) is 74.1 Å². The van der Waals surface area contributed by atoms with Gasteiger partial charge < -0.3 is 25.7 Å². The Hall–Kier alpha value is -3.32. The molecule has 3 rings (SSSR count). The quantitative estimate of drug-likeness (QED) is 0.334. The van der Waals surface area contributed by atoms with E-state index in [0.717, 1.165) is 36.8 Å². The molecule has 1 fully saturated rings. The van der Waals surface area contributed by atoms with Crippen LogP contribution in [0.25, 0.3) is 6.08 Å². The maximum absolute atomic E-state index is 12.4. The summed E-state index contributed by atoms with van der Waals surface area (Å²) in [7, 11) is 0. The number of hydrogen-bond donors (Lipinski definition) is 2. The van der Waals surface area contributed by atoms with E-state index in [9.17, 15) is 9.59 Å². The van der Waals surface area contributed by atoms with Crippen molar-refractivity contribution in [3.63, 3.8) is 0 Å². The van der Waals surface area contributed by atoms with Crippen molar-refractivity contribution in [1.82, 2.24) is 0 Å². The van der Waals surface area contributed by atoms with E-state index in [1.807, 2.05) is 13.0 Å². The van der Waals surface area contributed by atoms with Gasteiger partial charge in [0.05, 0.1) is 18.3 Å². The number of rotatable bonds is 9.